The molecule has 0 aromatic carbocycles. The summed E-state index contributed by atoms with van der Waals surface area (Å²) >= 11 is -0.0824. The van der Waals surface area contributed by atoms with E-state index < -0.39 is 0 Å². The Kier molecular flexibility index (Phi) is 8.19. The van der Waals surface area contributed by atoms with Gasteiger partial charge in [0.15, 0.2) is 0 Å². The third-order valence-electron chi connectivity index (χ3n) is 1.37. The van der Waals surface area contributed by atoms with Gasteiger partial charge in [-0.3, -0.25) is 0 Å². The van der Waals surface area contributed by atoms with Crippen molar-refractivity contribution in [2.45, 2.75) is 27.7 Å². The predicted octanol–water partition coefficient (Wildman–Crippen LogP) is 3.65. The molecule has 1 heteroatoms. The Balaban J connectivity index is 4.12. The van der Waals surface area contributed by atoms with Gasteiger partial charge in [-0.1, -0.05) is 0 Å². The second-order valence-electron chi connectivity index (χ2n) is 2.71. The SMILES string of the molecule is CC=CC=C(C)[Te]C(C)=CC=CC. The first-order chi connectivity index (χ1) is 6.20. The molecular formula is C12H18Te. The van der Waals surface area contributed by atoms with Crippen molar-refractivity contribution in [2.75, 3.05) is 0 Å². The van der Waals surface area contributed by atoms with Gasteiger partial charge in [0.25, 0.3) is 0 Å². The molecule has 0 heterocycles. The summed E-state index contributed by atoms with van der Waals surface area (Å²) in [7, 11) is 0. The molecule has 0 N–H and O–H groups in total. The van der Waals surface area contributed by atoms with Gasteiger partial charge in [0.05, 0.1) is 0 Å². The van der Waals surface area contributed by atoms with E-state index >= 15 is 0 Å². The van der Waals surface area contributed by atoms with Crippen molar-refractivity contribution in [1.29, 1.82) is 0 Å². The van der Waals surface area contributed by atoms with Gasteiger partial charge >= 0.3 is 92.3 Å². The average molecular weight is 290 g/mol. The van der Waals surface area contributed by atoms with Crippen LogP contribution in [0.1, 0.15) is 27.7 Å². The van der Waals surface area contributed by atoms with Crippen LogP contribution in [-0.4, -0.2) is 20.9 Å². The van der Waals surface area contributed by atoms with Crippen molar-refractivity contribution in [1.82, 2.24) is 0 Å². The molecule has 0 radical (unpaired) electrons. The topological polar surface area (TPSA) is 0 Å². The molecule has 0 aliphatic carbocycles. The quantitative estimate of drug-likeness (QED) is 0.547. The summed E-state index contributed by atoms with van der Waals surface area (Å²) in [5.74, 6) is 0. The molecule has 0 unspecified atom stereocenters. The summed E-state index contributed by atoms with van der Waals surface area (Å²) in [5, 5.41) is 0. The summed E-state index contributed by atoms with van der Waals surface area (Å²) in [5.41, 5.74) is 0. The second-order valence-corrected chi connectivity index (χ2v) is 6.97. The van der Waals surface area contributed by atoms with Crippen LogP contribution < -0.4 is 0 Å². The zero-order chi connectivity index (χ0) is 10.1. The zero-order valence-corrected chi connectivity index (χ0v) is 11.2. The zero-order valence-electron chi connectivity index (χ0n) is 8.87. The van der Waals surface area contributed by atoms with E-state index in [2.05, 4.69) is 50.3 Å². The van der Waals surface area contributed by atoms with Gasteiger partial charge in [-0.15, -0.1) is 0 Å². The normalized spacial score (nSPS) is 14.8. The summed E-state index contributed by atoms with van der Waals surface area (Å²) in [6.07, 6.45) is 12.8. The Labute approximate surface area is 92.2 Å². The first-order valence-corrected chi connectivity index (χ1v) is 6.80. The predicted molar refractivity (Wildman–Crippen MR) is 62.9 cm³/mol. The van der Waals surface area contributed by atoms with E-state index in [1.807, 2.05) is 13.8 Å². The third kappa shape index (κ3) is 8.09. The van der Waals surface area contributed by atoms with Gasteiger partial charge in [-0.2, -0.15) is 0 Å². The van der Waals surface area contributed by atoms with E-state index in [4.69, 9.17) is 0 Å². The second kappa shape index (κ2) is 8.35. The van der Waals surface area contributed by atoms with Gasteiger partial charge < -0.3 is 0 Å². The van der Waals surface area contributed by atoms with E-state index in [1.54, 1.807) is 0 Å². The molecule has 0 saturated carbocycles. The molecule has 0 rings (SSSR count). The van der Waals surface area contributed by atoms with E-state index in [-0.39, 0.29) is 20.9 Å². The maximum absolute atomic E-state index is 2.22. The first-order valence-electron chi connectivity index (χ1n) is 4.47. The van der Waals surface area contributed by atoms with Crippen LogP contribution in [0.15, 0.2) is 43.7 Å². The molecule has 13 heavy (non-hydrogen) atoms. The maximum atomic E-state index is 2.22. The monoisotopic (exact) mass is 292 g/mol. The molecule has 0 bridgehead atoms. The van der Waals surface area contributed by atoms with Crippen molar-refractivity contribution in [3.8, 4) is 0 Å². The van der Waals surface area contributed by atoms with Crippen molar-refractivity contribution in [3.63, 3.8) is 0 Å². The number of allylic oxidation sites excluding steroid dienone is 8. The molecule has 0 aromatic rings. The fourth-order valence-electron chi connectivity index (χ4n) is 0.785. The van der Waals surface area contributed by atoms with Crippen LogP contribution in [0.25, 0.3) is 0 Å². The van der Waals surface area contributed by atoms with Crippen molar-refractivity contribution >= 4 is 20.9 Å². The Morgan fingerprint density at radius 1 is 0.846 bits per heavy atom. The molecule has 0 aliphatic heterocycles. The fourth-order valence-corrected chi connectivity index (χ4v) is 3.07. The van der Waals surface area contributed by atoms with Crippen LogP contribution in [0, 0.1) is 0 Å². The summed E-state index contributed by atoms with van der Waals surface area (Å²) in [6, 6.07) is 0. The molecule has 72 valence electrons. The van der Waals surface area contributed by atoms with Crippen molar-refractivity contribution < 1.29 is 0 Å². The number of hydrogen-bond donors (Lipinski definition) is 0. The Morgan fingerprint density at radius 2 is 1.23 bits per heavy atom. The van der Waals surface area contributed by atoms with Gasteiger partial charge in [0, 0.05) is 0 Å². The van der Waals surface area contributed by atoms with Crippen LogP contribution in [0.4, 0.5) is 0 Å². The van der Waals surface area contributed by atoms with E-state index in [0.717, 1.165) is 0 Å². The standard InChI is InChI=1S/C12H18Te/c1-5-7-9-11(3)13-12(4)10-8-6-2/h5-10H,1-4H3. The van der Waals surface area contributed by atoms with Gasteiger partial charge in [0.1, 0.15) is 0 Å². The van der Waals surface area contributed by atoms with Crippen molar-refractivity contribution in [2.24, 2.45) is 0 Å². The summed E-state index contributed by atoms with van der Waals surface area (Å²) < 4.78 is 3.06. The molecule has 0 fully saturated rings. The van der Waals surface area contributed by atoms with Crippen LogP contribution in [-0.2, 0) is 0 Å². The van der Waals surface area contributed by atoms with Gasteiger partial charge in [-0.05, 0) is 0 Å². The van der Waals surface area contributed by atoms with Crippen LogP contribution in [0.2, 0.25) is 0 Å². The molecule has 0 aliphatic rings. The molecule has 0 spiro atoms. The molecule has 0 aromatic heterocycles. The molecule has 0 atom stereocenters. The molecule has 0 nitrogen and oxygen atoms in total. The van der Waals surface area contributed by atoms with Crippen LogP contribution in [0.3, 0.4) is 0 Å². The molecule has 0 saturated heterocycles. The van der Waals surface area contributed by atoms with Gasteiger partial charge in [0.2, 0.25) is 0 Å². The Bertz CT molecular complexity index is 216. The van der Waals surface area contributed by atoms with E-state index in [0.29, 0.717) is 0 Å². The summed E-state index contributed by atoms with van der Waals surface area (Å²) in [4.78, 5) is 0. The van der Waals surface area contributed by atoms with Crippen LogP contribution in [0.5, 0.6) is 0 Å². The number of hydrogen-bond acceptors (Lipinski definition) is 0. The van der Waals surface area contributed by atoms with Crippen molar-refractivity contribution in [3.05, 3.63) is 43.7 Å². The van der Waals surface area contributed by atoms with E-state index in [1.165, 1.54) is 7.24 Å². The van der Waals surface area contributed by atoms with Gasteiger partial charge in [-0.25, -0.2) is 0 Å². The Morgan fingerprint density at radius 3 is 1.54 bits per heavy atom. The van der Waals surface area contributed by atoms with E-state index in [9.17, 15) is 0 Å². The Hall–Kier alpha value is -0.250. The third-order valence-corrected chi connectivity index (χ3v) is 3.98. The number of rotatable bonds is 4. The fraction of sp³-hybridized carbons (Fsp3) is 0.333. The summed E-state index contributed by atoms with van der Waals surface area (Å²) in [6.45, 7) is 8.53. The molecule has 0 amide bonds. The molecular weight excluding hydrogens is 272 g/mol. The first kappa shape index (κ1) is 12.7. The minimum absolute atomic E-state index is 0.0824. The average Bonchev–Trinajstić information content (AvgIpc) is 2.11. The van der Waals surface area contributed by atoms with Crippen LogP contribution >= 0.6 is 0 Å². The minimum atomic E-state index is -0.0824.